The van der Waals surface area contributed by atoms with Crippen molar-refractivity contribution in [1.82, 2.24) is 4.98 Å². The van der Waals surface area contributed by atoms with Crippen LogP contribution in [-0.2, 0) is 0 Å². The van der Waals surface area contributed by atoms with Crippen molar-refractivity contribution in [2.75, 3.05) is 11.1 Å². The van der Waals surface area contributed by atoms with Gasteiger partial charge in [0.15, 0.2) is 0 Å². The molecule has 1 aromatic heterocycles. The fourth-order valence-electron chi connectivity index (χ4n) is 1.17. The highest BCUT2D eigenvalue weighted by atomic mass is 35.5. The van der Waals surface area contributed by atoms with E-state index in [1.807, 2.05) is 36.4 Å². The van der Waals surface area contributed by atoms with E-state index in [0.29, 0.717) is 5.82 Å². The number of aromatic nitrogens is 1. The van der Waals surface area contributed by atoms with Crippen LogP contribution in [0.4, 0.5) is 17.2 Å². The summed E-state index contributed by atoms with van der Waals surface area (Å²) in [5.41, 5.74) is 7.46. The second kappa shape index (κ2) is 5.22. The van der Waals surface area contributed by atoms with E-state index < -0.39 is 0 Å². The van der Waals surface area contributed by atoms with Crippen molar-refractivity contribution in [3.8, 4) is 0 Å². The molecule has 0 atom stereocenters. The Bertz CT molecular complexity index is 400. The molecule has 1 heterocycles. The zero-order valence-corrected chi connectivity index (χ0v) is 8.87. The quantitative estimate of drug-likeness (QED) is 0.820. The van der Waals surface area contributed by atoms with Crippen LogP contribution < -0.4 is 11.1 Å². The molecule has 0 unspecified atom stereocenters. The monoisotopic (exact) mass is 221 g/mol. The van der Waals surface area contributed by atoms with Gasteiger partial charge < -0.3 is 11.1 Å². The van der Waals surface area contributed by atoms with Crippen LogP contribution in [0.5, 0.6) is 0 Å². The van der Waals surface area contributed by atoms with Crippen molar-refractivity contribution >= 4 is 29.6 Å². The van der Waals surface area contributed by atoms with Crippen LogP contribution in [-0.4, -0.2) is 4.98 Å². The minimum atomic E-state index is 0. The van der Waals surface area contributed by atoms with Gasteiger partial charge in [-0.15, -0.1) is 12.4 Å². The molecule has 4 heteroatoms. The van der Waals surface area contributed by atoms with E-state index in [0.717, 1.165) is 11.4 Å². The molecule has 3 nitrogen and oxygen atoms in total. The number of rotatable bonds is 2. The van der Waals surface area contributed by atoms with E-state index >= 15 is 0 Å². The van der Waals surface area contributed by atoms with Crippen LogP contribution in [0.15, 0.2) is 48.7 Å². The number of halogens is 1. The van der Waals surface area contributed by atoms with Crippen molar-refractivity contribution in [3.63, 3.8) is 0 Å². The van der Waals surface area contributed by atoms with Gasteiger partial charge >= 0.3 is 0 Å². The van der Waals surface area contributed by atoms with Gasteiger partial charge in [0.25, 0.3) is 0 Å². The van der Waals surface area contributed by atoms with Crippen LogP contribution in [0.2, 0.25) is 0 Å². The number of para-hydroxylation sites is 1. The Morgan fingerprint density at radius 2 is 1.67 bits per heavy atom. The Morgan fingerprint density at radius 3 is 2.27 bits per heavy atom. The third-order valence-corrected chi connectivity index (χ3v) is 1.85. The predicted octanol–water partition coefficient (Wildman–Crippen LogP) is 2.83. The normalized spacial score (nSPS) is 9.07. The number of hydrogen-bond donors (Lipinski definition) is 2. The molecule has 78 valence electrons. The Balaban J connectivity index is 0.00000112. The molecular formula is C11H12ClN3. The molecule has 1 aromatic carbocycles. The molecule has 0 radical (unpaired) electrons. The van der Waals surface area contributed by atoms with Crippen LogP contribution in [0.25, 0.3) is 0 Å². The van der Waals surface area contributed by atoms with Gasteiger partial charge in [0.2, 0.25) is 0 Å². The molecule has 0 aliphatic rings. The maximum Gasteiger partial charge on any atom is 0.123 e. The number of nitrogens with two attached hydrogens (primary N) is 1. The lowest BCUT2D eigenvalue weighted by atomic mass is 10.3. The zero-order chi connectivity index (χ0) is 9.80. The first-order valence-electron chi connectivity index (χ1n) is 4.38. The summed E-state index contributed by atoms with van der Waals surface area (Å²) in [4.78, 5) is 3.99. The highest BCUT2D eigenvalue weighted by molar-refractivity contribution is 5.85. The molecule has 15 heavy (non-hydrogen) atoms. The van der Waals surface area contributed by atoms with Gasteiger partial charge in [-0.1, -0.05) is 18.2 Å². The third kappa shape index (κ3) is 3.14. The lowest BCUT2D eigenvalue weighted by Crippen LogP contribution is -1.93. The van der Waals surface area contributed by atoms with Crippen molar-refractivity contribution < 1.29 is 0 Å². The molecule has 0 aliphatic carbocycles. The minimum Gasteiger partial charge on any atom is -0.384 e. The Labute approximate surface area is 94.8 Å². The van der Waals surface area contributed by atoms with Crippen LogP contribution in [0, 0.1) is 0 Å². The summed E-state index contributed by atoms with van der Waals surface area (Å²) < 4.78 is 0. The van der Waals surface area contributed by atoms with Crippen molar-refractivity contribution in [1.29, 1.82) is 0 Å². The highest BCUT2D eigenvalue weighted by Crippen LogP contribution is 2.15. The molecule has 0 saturated carbocycles. The topological polar surface area (TPSA) is 50.9 Å². The van der Waals surface area contributed by atoms with E-state index in [2.05, 4.69) is 10.3 Å². The second-order valence-corrected chi connectivity index (χ2v) is 2.96. The van der Waals surface area contributed by atoms with E-state index in [4.69, 9.17) is 5.73 Å². The van der Waals surface area contributed by atoms with Crippen LogP contribution in [0.1, 0.15) is 0 Å². The summed E-state index contributed by atoms with van der Waals surface area (Å²) in [6, 6.07) is 13.6. The van der Waals surface area contributed by atoms with Crippen molar-refractivity contribution in [2.24, 2.45) is 0 Å². The molecular weight excluding hydrogens is 210 g/mol. The van der Waals surface area contributed by atoms with Gasteiger partial charge in [-0.2, -0.15) is 0 Å². The first kappa shape index (κ1) is 11.3. The number of hydrogen-bond acceptors (Lipinski definition) is 3. The SMILES string of the molecule is Cl.Nc1ccc(Nc2ccccc2)cn1. The smallest absolute Gasteiger partial charge is 0.123 e. The van der Waals surface area contributed by atoms with Gasteiger partial charge in [0.05, 0.1) is 11.9 Å². The molecule has 3 N–H and O–H groups in total. The van der Waals surface area contributed by atoms with E-state index in [-0.39, 0.29) is 12.4 Å². The maximum atomic E-state index is 5.48. The summed E-state index contributed by atoms with van der Waals surface area (Å²) in [5.74, 6) is 0.531. The summed E-state index contributed by atoms with van der Waals surface area (Å²) >= 11 is 0. The molecule has 0 spiro atoms. The first-order valence-corrected chi connectivity index (χ1v) is 4.38. The average Bonchev–Trinajstić information content (AvgIpc) is 2.23. The van der Waals surface area contributed by atoms with Gasteiger partial charge in [0, 0.05) is 5.69 Å². The van der Waals surface area contributed by atoms with E-state index in [9.17, 15) is 0 Å². The van der Waals surface area contributed by atoms with Gasteiger partial charge in [-0.05, 0) is 24.3 Å². The number of nitrogens with one attached hydrogen (secondary N) is 1. The molecule has 0 fully saturated rings. The van der Waals surface area contributed by atoms with Gasteiger partial charge in [0.1, 0.15) is 5.82 Å². The number of nitrogens with zero attached hydrogens (tertiary/aromatic N) is 1. The zero-order valence-electron chi connectivity index (χ0n) is 8.05. The molecule has 0 saturated heterocycles. The molecule has 2 rings (SSSR count). The van der Waals surface area contributed by atoms with Crippen LogP contribution in [0.3, 0.4) is 0 Å². The predicted molar refractivity (Wildman–Crippen MR) is 65.6 cm³/mol. The summed E-state index contributed by atoms with van der Waals surface area (Å²) in [7, 11) is 0. The molecule has 0 aliphatic heterocycles. The van der Waals surface area contributed by atoms with Gasteiger partial charge in [-0.25, -0.2) is 4.98 Å². The lowest BCUT2D eigenvalue weighted by molar-refractivity contribution is 1.33. The van der Waals surface area contributed by atoms with E-state index in [1.54, 1.807) is 12.3 Å². The van der Waals surface area contributed by atoms with Crippen molar-refractivity contribution in [2.45, 2.75) is 0 Å². The number of benzene rings is 1. The fraction of sp³-hybridized carbons (Fsp3) is 0. The Morgan fingerprint density at radius 1 is 0.933 bits per heavy atom. The minimum absolute atomic E-state index is 0. The maximum absolute atomic E-state index is 5.48. The molecule has 0 amide bonds. The average molecular weight is 222 g/mol. The number of pyridine rings is 1. The number of nitrogen functional groups attached to an aromatic ring is 1. The molecule has 0 bridgehead atoms. The lowest BCUT2D eigenvalue weighted by Gasteiger charge is -2.04. The fourth-order valence-corrected chi connectivity index (χ4v) is 1.17. The van der Waals surface area contributed by atoms with Crippen molar-refractivity contribution in [3.05, 3.63) is 48.7 Å². The summed E-state index contributed by atoms with van der Waals surface area (Å²) in [5, 5.41) is 3.21. The number of anilines is 3. The third-order valence-electron chi connectivity index (χ3n) is 1.85. The summed E-state index contributed by atoms with van der Waals surface area (Å²) in [6.45, 7) is 0. The first-order chi connectivity index (χ1) is 6.84. The second-order valence-electron chi connectivity index (χ2n) is 2.96. The Kier molecular flexibility index (Phi) is 3.94. The van der Waals surface area contributed by atoms with Crippen LogP contribution >= 0.6 is 12.4 Å². The van der Waals surface area contributed by atoms with E-state index in [1.165, 1.54) is 0 Å². The Hall–Kier alpha value is -1.74. The standard InChI is InChI=1S/C11H11N3.ClH/c12-11-7-6-10(8-13-11)14-9-4-2-1-3-5-9;/h1-8,14H,(H2,12,13);1H. The summed E-state index contributed by atoms with van der Waals surface area (Å²) in [6.07, 6.45) is 1.71. The molecule has 2 aromatic rings. The van der Waals surface area contributed by atoms with Gasteiger partial charge in [-0.3, -0.25) is 0 Å². The largest absolute Gasteiger partial charge is 0.384 e. The highest BCUT2D eigenvalue weighted by Gasteiger charge is 1.93.